The number of ether oxygens (including phenoxy) is 2. The van der Waals surface area contributed by atoms with Gasteiger partial charge < -0.3 is 20.1 Å². The zero-order valence-corrected chi connectivity index (χ0v) is 34.4. The molecule has 0 amide bonds. The van der Waals surface area contributed by atoms with Crippen molar-refractivity contribution in [2.45, 2.75) is 174 Å². The summed E-state index contributed by atoms with van der Waals surface area (Å²) in [4.78, 5) is 34.8. The summed E-state index contributed by atoms with van der Waals surface area (Å²) in [7, 11) is -4.39. The molecule has 0 aromatic carbocycles. The van der Waals surface area contributed by atoms with E-state index in [2.05, 4.69) is 74.6 Å². The van der Waals surface area contributed by atoms with Gasteiger partial charge in [-0.15, -0.1) is 0 Å². The van der Waals surface area contributed by atoms with Crippen LogP contribution < -0.4 is 5.73 Å². The van der Waals surface area contributed by atoms with E-state index in [-0.39, 0.29) is 32.6 Å². The van der Waals surface area contributed by atoms with Crippen LogP contribution in [0.3, 0.4) is 0 Å². The second kappa shape index (κ2) is 39.4. The summed E-state index contributed by atoms with van der Waals surface area (Å²) < 4.78 is 32.7. The van der Waals surface area contributed by atoms with Gasteiger partial charge in [-0.25, -0.2) is 4.57 Å². The molecule has 0 saturated carbocycles. The van der Waals surface area contributed by atoms with E-state index >= 15 is 0 Å². The third kappa shape index (κ3) is 39.2. The lowest BCUT2D eigenvalue weighted by Crippen LogP contribution is -2.29. The summed E-state index contributed by atoms with van der Waals surface area (Å²) in [5.41, 5.74) is 5.34. The Morgan fingerprint density at radius 1 is 0.566 bits per heavy atom. The molecule has 0 aliphatic rings. The fraction of sp³-hybridized carbons (Fsp3) is 0.721. The Morgan fingerprint density at radius 3 is 1.53 bits per heavy atom. The van der Waals surface area contributed by atoms with Crippen molar-refractivity contribution in [3.05, 3.63) is 60.8 Å². The monoisotopic (exact) mass is 766 g/mol. The number of carbonyl (C=O) groups is 2. The minimum absolute atomic E-state index is 0.0450. The number of phosphoric ester groups is 1. The van der Waals surface area contributed by atoms with Gasteiger partial charge in [0.2, 0.25) is 0 Å². The van der Waals surface area contributed by atoms with E-state index in [0.717, 1.165) is 77.0 Å². The molecule has 0 spiro atoms. The Labute approximate surface area is 323 Å². The summed E-state index contributed by atoms with van der Waals surface area (Å²) in [6, 6.07) is 0. The second-order valence-corrected chi connectivity index (χ2v) is 14.9. The van der Waals surface area contributed by atoms with E-state index in [0.29, 0.717) is 12.8 Å². The van der Waals surface area contributed by atoms with Crippen molar-refractivity contribution in [2.75, 3.05) is 26.4 Å². The summed E-state index contributed by atoms with van der Waals surface area (Å²) in [5.74, 6) is -0.880. The predicted molar refractivity (Wildman–Crippen MR) is 219 cm³/mol. The molecule has 53 heavy (non-hydrogen) atoms. The maximum absolute atomic E-state index is 12.5. The maximum Gasteiger partial charge on any atom is 0.472 e. The van der Waals surface area contributed by atoms with Gasteiger partial charge in [0.1, 0.15) is 6.61 Å². The van der Waals surface area contributed by atoms with E-state index in [9.17, 15) is 19.0 Å². The zero-order chi connectivity index (χ0) is 38.9. The van der Waals surface area contributed by atoms with Crippen molar-refractivity contribution in [1.29, 1.82) is 0 Å². The van der Waals surface area contributed by atoms with Crippen molar-refractivity contribution in [2.24, 2.45) is 5.73 Å². The molecule has 3 N–H and O–H groups in total. The fourth-order valence-corrected chi connectivity index (χ4v) is 6.02. The second-order valence-electron chi connectivity index (χ2n) is 13.5. The number of unbranched alkanes of at least 4 members (excludes halogenated alkanes) is 15. The molecular formula is C43H76NO8P. The molecular weight excluding hydrogens is 689 g/mol. The maximum atomic E-state index is 12.5. The largest absolute Gasteiger partial charge is 0.472 e. The zero-order valence-electron chi connectivity index (χ0n) is 33.5. The van der Waals surface area contributed by atoms with Crippen LogP contribution in [0.2, 0.25) is 0 Å². The van der Waals surface area contributed by atoms with Crippen LogP contribution in [0.1, 0.15) is 168 Å². The fourth-order valence-electron chi connectivity index (χ4n) is 5.26. The third-order valence-corrected chi connectivity index (χ3v) is 9.36. The Morgan fingerprint density at radius 2 is 0.981 bits per heavy atom. The van der Waals surface area contributed by atoms with E-state index in [1.807, 2.05) is 0 Å². The molecule has 306 valence electrons. The van der Waals surface area contributed by atoms with E-state index < -0.39 is 32.5 Å². The summed E-state index contributed by atoms with van der Waals surface area (Å²) in [5, 5.41) is 0. The number of esters is 2. The smallest absolute Gasteiger partial charge is 0.462 e. The van der Waals surface area contributed by atoms with Gasteiger partial charge in [0.05, 0.1) is 13.2 Å². The summed E-state index contributed by atoms with van der Waals surface area (Å²) >= 11 is 0. The first-order valence-corrected chi connectivity index (χ1v) is 22.3. The third-order valence-electron chi connectivity index (χ3n) is 8.38. The first kappa shape index (κ1) is 50.7. The summed E-state index contributed by atoms with van der Waals surface area (Å²) in [6.07, 6.45) is 45.3. The number of rotatable bonds is 38. The highest BCUT2D eigenvalue weighted by Gasteiger charge is 2.25. The summed E-state index contributed by atoms with van der Waals surface area (Å²) in [6.45, 7) is 3.62. The molecule has 2 unspecified atom stereocenters. The lowest BCUT2D eigenvalue weighted by atomic mass is 10.1. The standard InChI is InChI=1S/C43H76NO8P/c1-3-5-7-9-11-13-15-17-18-19-20-21-22-24-25-27-29-31-33-35-42(45)49-39-41(40-51-53(47,48)50-38-37-44)52-43(46)36-34-32-30-28-26-23-16-14-12-10-8-6-4-2/h11,13-14,16-18,20-21,24-25,41H,3-10,12,15,19,22-23,26-40,44H2,1-2H3,(H,47,48). The number of hydrogen-bond acceptors (Lipinski definition) is 8. The molecule has 0 saturated heterocycles. The Kier molecular flexibility index (Phi) is 37.7. The first-order chi connectivity index (χ1) is 25.8. The van der Waals surface area contributed by atoms with Gasteiger partial charge in [-0.2, -0.15) is 0 Å². The number of nitrogens with two attached hydrogens (primary N) is 1. The van der Waals surface area contributed by atoms with Crippen LogP contribution in [0.5, 0.6) is 0 Å². The Hall–Kier alpha value is -2.29. The Balaban J connectivity index is 4.26. The molecule has 2 atom stereocenters. The normalized spacial score (nSPS) is 14.0. The van der Waals surface area contributed by atoms with Gasteiger partial charge in [-0.05, 0) is 83.5 Å². The molecule has 0 bridgehead atoms. The first-order valence-electron chi connectivity index (χ1n) is 20.8. The minimum atomic E-state index is -4.39. The van der Waals surface area contributed by atoms with Crippen molar-refractivity contribution in [3.63, 3.8) is 0 Å². The van der Waals surface area contributed by atoms with Gasteiger partial charge >= 0.3 is 19.8 Å². The molecule has 0 rings (SSSR count). The van der Waals surface area contributed by atoms with Crippen molar-refractivity contribution in [1.82, 2.24) is 0 Å². The van der Waals surface area contributed by atoms with Gasteiger partial charge in [-0.1, -0.05) is 132 Å². The highest BCUT2D eigenvalue weighted by molar-refractivity contribution is 7.47. The van der Waals surface area contributed by atoms with Crippen molar-refractivity contribution >= 4 is 19.8 Å². The topological polar surface area (TPSA) is 134 Å². The van der Waals surface area contributed by atoms with Gasteiger partial charge in [0, 0.05) is 19.4 Å². The number of phosphoric acid groups is 1. The molecule has 0 radical (unpaired) electrons. The van der Waals surface area contributed by atoms with Crippen LogP contribution in [0, 0.1) is 0 Å². The highest BCUT2D eigenvalue weighted by atomic mass is 31.2. The molecule has 0 fully saturated rings. The van der Waals surface area contributed by atoms with Crippen LogP contribution in [0.4, 0.5) is 0 Å². The quantitative estimate of drug-likeness (QED) is 0.0272. The SMILES string of the molecule is CCCCCC=CCC=CCC=CCC=CCCCCCC(=O)OCC(COP(=O)(O)OCCN)OC(=O)CCCCCCCC=CCCCCCC. The van der Waals surface area contributed by atoms with Crippen LogP contribution in [-0.4, -0.2) is 49.3 Å². The lowest BCUT2D eigenvalue weighted by Gasteiger charge is -2.19. The molecule has 0 aromatic rings. The van der Waals surface area contributed by atoms with Crippen molar-refractivity contribution < 1.29 is 37.6 Å². The van der Waals surface area contributed by atoms with Crippen LogP contribution in [0.15, 0.2) is 60.8 Å². The number of allylic oxidation sites excluding steroid dienone is 10. The number of carbonyl (C=O) groups excluding carboxylic acids is 2. The van der Waals surface area contributed by atoms with E-state index in [1.54, 1.807) is 0 Å². The molecule has 9 nitrogen and oxygen atoms in total. The van der Waals surface area contributed by atoms with Crippen LogP contribution >= 0.6 is 7.82 Å². The van der Waals surface area contributed by atoms with E-state index in [1.165, 1.54) is 51.4 Å². The van der Waals surface area contributed by atoms with Crippen LogP contribution in [-0.2, 0) is 32.7 Å². The number of hydrogen-bond donors (Lipinski definition) is 2. The average molecular weight is 766 g/mol. The van der Waals surface area contributed by atoms with Gasteiger partial charge in [-0.3, -0.25) is 18.6 Å². The molecule has 10 heteroatoms. The van der Waals surface area contributed by atoms with E-state index in [4.69, 9.17) is 24.3 Å². The highest BCUT2D eigenvalue weighted by Crippen LogP contribution is 2.43. The Bertz CT molecular complexity index is 1050. The van der Waals surface area contributed by atoms with Gasteiger partial charge in [0.15, 0.2) is 6.10 Å². The van der Waals surface area contributed by atoms with Gasteiger partial charge in [0.25, 0.3) is 0 Å². The van der Waals surface area contributed by atoms with Crippen LogP contribution in [0.25, 0.3) is 0 Å². The predicted octanol–water partition coefficient (Wildman–Crippen LogP) is 11.7. The average Bonchev–Trinajstić information content (AvgIpc) is 3.14. The molecule has 0 aliphatic carbocycles. The minimum Gasteiger partial charge on any atom is -0.462 e. The molecule has 0 aromatic heterocycles. The van der Waals surface area contributed by atoms with Crippen molar-refractivity contribution in [3.8, 4) is 0 Å². The molecule has 0 heterocycles. The lowest BCUT2D eigenvalue weighted by molar-refractivity contribution is -0.161. The molecule has 0 aliphatic heterocycles.